The Bertz CT molecular complexity index is 1050. The van der Waals surface area contributed by atoms with E-state index < -0.39 is 10.0 Å². The third-order valence-corrected chi connectivity index (χ3v) is 5.10. The van der Waals surface area contributed by atoms with Crippen LogP contribution in [0.1, 0.15) is 5.56 Å². The van der Waals surface area contributed by atoms with Crippen LogP contribution in [0.5, 0.6) is 0 Å². The standard InChI is InChI=1S/C16H16N4O2S2.ClH/c1-11-8-9-12(13(10-11)19-24(3,21)22)17-18-16-20(2)14-6-4-5-7-15(14)23-16;/h4-10H,1-3H3;1H. The number of nitrogens with one attached hydrogen (secondary N) is 1. The molecule has 1 heterocycles. The molecule has 0 aliphatic rings. The molecule has 0 saturated carbocycles. The van der Waals surface area contributed by atoms with E-state index in [4.69, 9.17) is 0 Å². The van der Waals surface area contributed by atoms with Crippen molar-refractivity contribution in [3.05, 3.63) is 48.0 Å². The topological polar surface area (TPSA) is 74.8 Å². The molecule has 0 spiro atoms. The number of nitrogens with zero attached hydrogens (tertiary/aromatic N) is 3. The van der Waals surface area contributed by atoms with Crippen molar-refractivity contribution >= 4 is 48.1 Å². The third kappa shape index (κ3) is 4.53. The molecule has 3 rings (SSSR count). The Labute approximate surface area is 156 Å². The maximum Gasteiger partial charge on any atom is 0.409 e. The molecule has 6 nitrogen and oxygen atoms in total. The van der Waals surface area contributed by atoms with E-state index in [-0.39, 0.29) is 12.4 Å². The monoisotopic (exact) mass is 396 g/mol. The fourth-order valence-electron chi connectivity index (χ4n) is 2.29. The fraction of sp³-hybridized carbons (Fsp3) is 0.188. The van der Waals surface area contributed by atoms with Gasteiger partial charge in [-0.3, -0.25) is 4.72 Å². The Hall–Kier alpha value is -2.03. The van der Waals surface area contributed by atoms with Gasteiger partial charge in [0, 0.05) is 0 Å². The molecule has 0 aliphatic carbocycles. The lowest BCUT2D eigenvalue weighted by molar-refractivity contribution is -0.627. The van der Waals surface area contributed by atoms with E-state index in [1.807, 2.05) is 48.9 Å². The molecule has 0 saturated heterocycles. The molecular weight excluding hydrogens is 380 g/mol. The fourth-order valence-corrected chi connectivity index (χ4v) is 3.83. The zero-order chi connectivity index (χ0) is 17.3. The summed E-state index contributed by atoms with van der Waals surface area (Å²) in [5, 5.41) is 9.29. The van der Waals surface area contributed by atoms with Crippen molar-refractivity contribution in [3.63, 3.8) is 0 Å². The second-order valence-corrected chi connectivity index (χ2v) is 8.26. The van der Waals surface area contributed by atoms with Crippen molar-refractivity contribution in [1.82, 2.24) is 0 Å². The zero-order valence-corrected chi connectivity index (χ0v) is 16.3. The summed E-state index contributed by atoms with van der Waals surface area (Å²) in [4.78, 5) is 0. The Balaban J connectivity index is 0.00000225. The Kier molecular flexibility index (Phi) is 5.76. The first-order valence-electron chi connectivity index (χ1n) is 7.21. The molecule has 3 aromatic rings. The highest BCUT2D eigenvalue weighted by molar-refractivity contribution is 7.92. The smallest absolute Gasteiger partial charge is 0.409 e. The van der Waals surface area contributed by atoms with Crippen LogP contribution in [0.25, 0.3) is 10.2 Å². The maximum absolute atomic E-state index is 11.5. The number of para-hydroxylation sites is 1. The predicted octanol–water partition coefficient (Wildman–Crippen LogP) is 0.825. The Morgan fingerprint density at radius 2 is 1.84 bits per heavy atom. The predicted molar refractivity (Wildman–Crippen MR) is 96.8 cm³/mol. The summed E-state index contributed by atoms with van der Waals surface area (Å²) < 4.78 is 28.6. The van der Waals surface area contributed by atoms with Crippen LogP contribution < -0.4 is 21.7 Å². The number of rotatable bonds is 4. The molecule has 0 amide bonds. The minimum Gasteiger partial charge on any atom is -1.00 e. The van der Waals surface area contributed by atoms with Gasteiger partial charge < -0.3 is 12.4 Å². The van der Waals surface area contributed by atoms with E-state index in [1.54, 1.807) is 12.1 Å². The molecule has 0 radical (unpaired) electrons. The first-order valence-corrected chi connectivity index (χ1v) is 9.92. The van der Waals surface area contributed by atoms with Crippen molar-refractivity contribution < 1.29 is 25.4 Å². The average molecular weight is 397 g/mol. The number of halogens is 1. The van der Waals surface area contributed by atoms with Crippen LogP contribution >= 0.6 is 11.3 Å². The molecule has 0 bridgehead atoms. The van der Waals surface area contributed by atoms with Gasteiger partial charge in [0.15, 0.2) is 0 Å². The molecule has 1 N–H and O–H groups in total. The molecule has 132 valence electrons. The molecule has 0 unspecified atom stereocenters. The highest BCUT2D eigenvalue weighted by Gasteiger charge is 2.16. The summed E-state index contributed by atoms with van der Waals surface area (Å²) in [6.07, 6.45) is 1.11. The quantitative estimate of drug-likeness (QED) is 0.524. The van der Waals surface area contributed by atoms with Crippen molar-refractivity contribution in [2.45, 2.75) is 6.92 Å². The number of anilines is 1. The molecule has 0 atom stereocenters. The van der Waals surface area contributed by atoms with Crippen molar-refractivity contribution in [2.75, 3.05) is 11.0 Å². The van der Waals surface area contributed by atoms with Gasteiger partial charge in [-0.05, 0) is 53.2 Å². The number of fused-ring (bicyclic) bond motifs is 1. The van der Waals surface area contributed by atoms with Gasteiger partial charge in [-0.15, -0.1) is 0 Å². The van der Waals surface area contributed by atoms with Gasteiger partial charge in [0.2, 0.25) is 10.0 Å². The largest absolute Gasteiger partial charge is 1.00 e. The summed E-state index contributed by atoms with van der Waals surface area (Å²) in [5.41, 5.74) is 2.91. The number of azo groups is 1. The Morgan fingerprint density at radius 1 is 1.12 bits per heavy atom. The van der Waals surface area contributed by atoms with Gasteiger partial charge in [-0.1, -0.05) is 18.2 Å². The summed E-state index contributed by atoms with van der Waals surface area (Å²) >= 11 is 1.53. The van der Waals surface area contributed by atoms with E-state index >= 15 is 0 Å². The number of aromatic nitrogens is 1. The first-order chi connectivity index (χ1) is 11.3. The van der Waals surface area contributed by atoms with Gasteiger partial charge >= 0.3 is 5.13 Å². The normalized spacial score (nSPS) is 11.6. The molecule has 9 heteroatoms. The van der Waals surface area contributed by atoms with Gasteiger partial charge in [0.05, 0.1) is 28.8 Å². The zero-order valence-electron chi connectivity index (χ0n) is 13.9. The molecule has 0 aliphatic heterocycles. The highest BCUT2D eigenvalue weighted by atomic mass is 35.5. The Morgan fingerprint density at radius 3 is 2.52 bits per heavy atom. The van der Waals surface area contributed by atoms with Crippen LogP contribution in [0, 0.1) is 6.92 Å². The lowest BCUT2D eigenvalue weighted by atomic mass is 10.2. The molecule has 25 heavy (non-hydrogen) atoms. The number of sulfonamides is 1. The van der Waals surface area contributed by atoms with Crippen molar-refractivity contribution in [2.24, 2.45) is 17.3 Å². The van der Waals surface area contributed by atoms with Crippen molar-refractivity contribution in [3.8, 4) is 0 Å². The van der Waals surface area contributed by atoms with E-state index in [0.717, 1.165) is 27.2 Å². The summed E-state index contributed by atoms with van der Waals surface area (Å²) in [6.45, 7) is 1.89. The van der Waals surface area contributed by atoms with Crippen molar-refractivity contribution in [1.29, 1.82) is 0 Å². The van der Waals surface area contributed by atoms with E-state index in [0.29, 0.717) is 11.4 Å². The van der Waals surface area contributed by atoms with Gasteiger partial charge in [0.1, 0.15) is 11.2 Å². The summed E-state index contributed by atoms with van der Waals surface area (Å²) in [7, 11) is -1.45. The van der Waals surface area contributed by atoms with Gasteiger partial charge in [-0.2, -0.15) is 0 Å². The summed E-state index contributed by atoms with van der Waals surface area (Å²) in [6, 6.07) is 13.4. The number of aryl methyl sites for hydroxylation is 2. The second-order valence-electron chi connectivity index (χ2n) is 5.51. The SMILES string of the molecule is Cc1ccc(N=Nc2sc3ccccc3[n+]2C)c(NS(C)(=O)=O)c1.[Cl-]. The number of hydrogen-bond acceptors (Lipinski definition) is 5. The minimum absolute atomic E-state index is 0. The van der Waals surface area contributed by atoms with E-state index in [1.165, 1.54) is 11.3 Å². The molecular formula is C16H17ClN4O2S2. The molecule has 2 aromatic carbocycles. The van der Waals surface area contributed by atoms with Crippen LogP contribution in [0.3, 0.4) is 0 Å². The number of thiazole rings is 1. The third-order valence-electron chi connectivity index (χ3n) is 3.41. The lowest BCUT2D eigenvalue weighted by Crippen LogP contribution is -3.00. The van der Waals surface area contributed by atoms with E-state index in [9.17, 15) is 8.42 Å². The maximum atomic E-state index is 11.5. The van der Waals surface area contributed by atoms with Crippen LogP contribution in [0.4, 0.5) is 16.5 Å². The first kappa shape index (κ1) is 19.3. The van der Waals surface area contributed by atoms with E-state index in [2.05, 4.69) is 15.0 Å². The van der Waals surface area contributed by atoms with Crippen LogP contribution in [-0.4, -0.2) is 14.7 Å². The number of hydrogen-bond donors (Lipinski definition) is 1. The average Bonchev–Trinajstić information content (AvgIpc) is 2.82. The lowest BCUT2D eigenvalue weighted by Gasteiger charge is -2.06. The molecule has 0 fully saturated rings. The van der Waals surface area contributed by atoms with Crippen LogP contribution in [0.15, 0.2) is 52.7 Å². The van der Waals surface area contributed by atoms with Gasteiger partial charge in [0.25, 0.3) is 0 Å². The van der Waals surface area contributed by atoms with Crippen LogP contribution in [-0.2, 0) is 17.1 Å². The van der Waals surface area contributed by atoms with Crippen LogP contribution in [0.2, 0.25) is 0 Å². The second kappa shape index (κ2) is 7.47. The van der Waals surface area contributed by atoms with Gasteiger partial charge in [-0.25, -0.2) is 13.0 Å². The number of benzene rings is 2. The highest BCUT2D eigenvalue weighted by Crippen LogP contribution is 2.31. The summed E-state index contributed by atoms with van der Waals surface area (Å²) in [5.74, 6) is 0. The minimum atomic E-state index is -3.38. The molecule has 1 aromatic heterocycles.